The minimum absolute atomic E-state index is 0.178. The Morgan fingerprint density at radius 1 is 1.00 bits per heavy atom. The molecule has 15 heavy (non-hydrogen) atoms. The molecular formula is C8H11FN2O4. The van der Waals surface area contributed by atoms with Crippen molar-refractivity contribution in [2.24, 2.45) is 11.7 Å². The first-order valence-corrected chi connectivity index (χ1v) is 3.54. The van der Waals surface area contributed by atoms with Gasteiger partial charge in [0.2, 0.25) is 0 Å². The van der Waals surface area contributed by atoms with Crippen molar-refractivity contribution >= 4 is 11.9 Å². The maximum atomic E-state index is 11.9. The fraction of sp³-hybridized carbons (Fsp3) is 0. The molecule has 0 aliphatic rings. The highest BCUT2D eigenvalue weighted by Crippen LogP contribution is 1.91. The van der Waals surface area contributed by atoms with Gasteiger partial charge in [0.05, 0.1) is 0 Å². The van der Waals surface area contributed by atoms with Gasteiger partial charge in [0, 0.05) is 0 Å². The zero-order chi connectivity index (χ0) is 12.3. The number of rotatable bonds is 0. The molecule has 0 heterocycles. The highest BCUT2D eigenvalue weighted by molar-refractivity contribution is 6.27. The van der Waals surface area contributed by atoms with Gasteiger partial charge in [0.25, 0.3) is 0 Å². The lowest BCUT2D eigenvalue weighted by Gasteiger charge is -1.78. The minimum Gasteiger partial charge on any atom is -0.473 e. The number of hydrazine groups is 1. The van der Waals surface area contributed by atoms with Crippen molar-refractivity contribution in [3.63, 3.8) is 0 Å². The summed E-state index contributed by atoms with van der Waals surface area (Å²) in [5.41, 5.74) is 0. The summed E-state index contributed by atoms with van der Waals surface area (Å²) in [6.07, 6.45) is 0. The van der Waals surface area contributed by atoms with Crippen molar-refractivity contribution in [1.82, 2.24) is 0 Å². The van der Waals surface area contributed by atoms with E-state index < -0.39 is 11.9 Å². The lowest BCUT2D eigenvalue weighted by Crippen LogP contribution is -2.09. The molecule has 0 spiro atoms. The first kappa shape index (κ1) is 15.5. The Labute approximate surface area is 84.9 Å². The van der Waals surface area contributed by atoms with Gasteiger partial charge in [-0.3, -0.25) is 11.7 Å². The van der Waals surface area contributed by atoms with Crippen LogP contribution in [0.2, 0.25) is 0 Å². The van der Waals surface area contributed by atoms with Crippen LogP contribution in [0, 0.1) is 5.82 Å². The number of benzene rings is 1. The largest absolute Gasteiger partial charge is 0.473 e. The zero-order valence-electron chi connectivity index (χ0n) is 7.63. The fourth-order valence-electron chi connectivity index (χ4n) is 0.415. The van der Waals surface area contributed by atoms with Crippen LogP contribution in [0.3, 0.4) is 0 Å². The Kier molecular flexibility index (Phi) is 10.4. The molecule has 84 valence electrons. The van der Waals surface area contributed by atoms with Crippen LogP contribution < -0.4 is 11.7 Å². The zero-order valence-corrected chi connectivity index (χ0v) is 7.63. The molecule has 0 unspecified atom stereocenters. The van der Waals surface area contributed by atoms with Gasteiger partial charge in [0.15, 0.2) is 0 Å². The van der Waals surface area contributed by atoms with Crippen LogP contribution in [-0.4, -0.2) is 22.2 Å². The molecule has 1 aromatic carbocycles. The standard InChI is InChI=1S/C6H5F.C2H2O4.H4N2/c7-6-4-2-1-3-5-6;3-1(4)2(5)6;1-2/h1-5H;(H,3,4)(H,5,6);1-2H2. The second kappa shape index (κ2) is 10.1. The SMILES string of the molecule is Fc1ccccc1.NN.O=C(O)C(=O)O. The van der Waals surface area contributed by atoms with Crippen molar-refractivity contribution < 1.29 is 24.2 Å². The molecule has 0 aliphatic carbocycles. The summed E-state index contributed by atoms with van der Waals surface area (Å²) in [6, 6.07) is 7.94. The van der Waals surface area contributed by atoms with Crippen molar-refractivity contribution in [3.8, 4) is 0 Å². The van der Waals surface area contributed by atoms with Gasteiger partial charge in [-0.15, -0.1) is 0 Å². The maximum absolute atomic E-state index is 11.9. The van der Waals surface area contributed by atoms with Gasteiger partial charge >= 0.3 is 11.9 Å². The Bertz CT molecular complexity index is 280. The number of carboxylic acid groups (broad SMARTS) is 2. The predicted molar refractivity (Wildman–Crippen MR) is 50.0 cm³/mol. The van der Waals surface area contributed by atoms with Crippen molar-refractivity contribution in [2.75, 3.05) is 0 Å². The number of carbonyl (C=O) groups is 2. The normalized spacial score (nSPS) is 7.40. The fourth-order valence-corrected chi connectivity index (χ4v) is 0.415. The van der Waals surface area contributed by atoms with Crippen LogP contribution in [0.25, 0.3) is 0 Å². The molecule has 0 bridgehead atoms. The monoisotopic (exact) mass is 218 g/mol. The third kappa shape index (κ3) is 12.0. The summed E-state index contributed by atoms with van der Waals surface area (Å²) in [6.45, 7) is 0. The van der Waals surface area contributed by atoms with E-state index in [1.165, 1.54) is 12.1 Å². The molecule has 0 radical (unpaired) electrons. The Balaban J connectivity index is 0. The van der Waals surface area contributed by atoms with Gasteiger partial charge in [-0.25, -0.2) is 14.0 Å². The lowest BCUT2D eigenvalue weighted by atomic mass is 10.4. The third-order valence-electron chi connectivity index (χ3n) is 0.916. The van der Waals surface area contributed by atoms with Crippen LogP contribution in [0.5, 0.6) is 0 Å². The molecule has 0 saturated heterocycles. The van der Waals surface area contributed by atoms with E-state index >= 15 is 0 Å². The number of hydrogen-bond donors (Lipinski definition) is 4. The molecule has 7 heteroatoms. The smallest absolute Gasteiger partial charge is 0.414 e. The predicted octanol–water partition coefficient (Wildman–Crippen LogP) is -0.200. The van der Waals surface area contributed by atoms with Crippen LogP contribution in [0.15, 0.2) is 30.3 Å². The van der Waals surface area contributed by atoms with Gasteiger partial charge in [-0.2, -0.15) is 0 Å². The molecule has 1 rings (SSSR count). The minimum atomic E-state index is -1.82. The Morgan fingerprint density at radius 3 is 1.47 bits per heavy atom. The van der Waals surface area contributed by atoms with E-state index in [0.717, 1.165) is 0 Å². The second-order valence-electron chi connectivity index (χ2n) is 1.91. The number of nitrogens with two attached hydrogens (primary N) is 2. The number of carboxylic acids is 2. The van der Waals surface area contributed by atoms with Gasteiger partial charge < -0.3 is 10.2 Å². The van der Waals surface area contributed by atoms with E-state index in [9.17, 15) is 4.39 Å². The van der Waals surface area contributed by atoms with E-state index in [1.807, 2.05) is 0 Å². The summed E-state index contributed by atoms with van der Waals surface area (Å²) in [5.74, 6) is 4.17. The summed E-state index contributed by atoms with van der Waals surface area (Å²) < 4.78 is 11.9. The molecule has 1 aromatic rings. The van der Waals surface area contributed by atoms with Crippen molar-refractivity contribution in [3.05, 3.63) is 36.1 Å². The molecular weight excluding hydrogens is 207 g/mol. The molecule has 0 aromatic heterocycles. The number of halogens is 1. The lowest BCUT2D eigenvalue weighted by molar-refractivity contribution is -0.159. The van der Waals surface area contributed by atoms with Crippen LogP contribution in [-0.2, 0) is 9.59 Å². The topological polar surface area (TPSA) is 127 Å². The maximum Gasteiger partial charge on any atom is 0.414 e. The average molecular weight is 218 g/mol. The first-order chi connectivity index (χ1) is 7.04. The summed E-state index contributed by atoms with van der Waals surface area (Å²) in [4.78, 5) is 18.2. The van der Waals surface area contributed by atoms with E-state index in [0.29, 0.717) is 0 Å². The Morgan fingerprint density at radius 2 is 1.33 bits per heavy atom. The van der Waals surface area contributed by atoms with Crippen molar-refractivity contribution in [2.45, 2.75) is 0 Å². The molecule has 6 N–H and O–H groups in total. The average Bonchev–Trinajstić information content (AvgIpc) is 2.22. The molecule has 0 saturated carbocycles. The van der Waals surface area contributed by atoms with E-state index in [1.54, 1.807) is 18.2 Å². The quantitative estimate of drug-likeness (QED) is 0.271. The third-order valence-corrected chi connectivity index (χ3v) is 0.916. The highest BCUT2D eigenvalue weighted by atomic mass is 19.1. The summed E-state index contributed by atoms with van der Waals surface area (Å²) >= 11 is 0. The van der Waals surface area contributed by atoms with Crippen LogP contribution in [0.4, 0.5) is 4.39 Å². The highest BCUT2D eigenvalue weighted by Gasteiger charge is 2.04. The van der Waals surface area contributed by atoms with E-state index in [2.05, 4.69) is 11.7 Å². The molecule has 0 fully saturated rings. The van der Waals surface area contributed by atoms with Crippen LogP contribution >= 0.6 is 0 Å². The molecule has 0 amide bonds. The summed E-state index contributed by atoms with van der Waals surface area (Å²) in [7, 11) is 0. The Hall–Kier alpha value is -1.99. The van der Waals surface area contributed by atoms with E-state index in [4.69, 9.17) is 19.8 Å². The van der Waals surface area contributed by atoms with E-state index in [-0.39, 0.29) is 5.82 Å². The van der Waals surface area contributed by atoms with Crippen molar-refractivity contribution in [1.29, 1.82) is 0 Å². The number of hydrogen-bond acceptors (Lipinski definition) is 4. The van der Waals surface area contributed by atoms with Crippen LogP contribution in [0.1, 0.15) is 0 Å². The van der Waals surface area contributed by atoms with Gasteiger partial charge in [-0.1, -0.05) is 18.2 Å². The first-order valence-electron chi connectivity index (χ1n) is 3.54. The van der Waals surface area contributed by atoms with Gasteiger partial charge in [-0.05, 0) is 12.1 Å². The molecule has 0 atom stereocenters. The van der Waals surface area contributed by atoms with Gasteiger partial charge in [0.1, 0.15) is 5.82 Å². The summed E-state index contributed by atoms with van der Waals surface area (Å²) in [5, 5.41) is 14.8. The molecule has 0 aliphatic heterocycles. The second-order valence-corrected chi connectivity index (χ2v) is 1.91. The number of aliphatic carboxylic acids is 2. The molecule has 6 nitrogen and oxygen atoms in total.